The molecule has 1 atom stereocenters. The van der Waals surface area contributed by atoms with E-state index in [4.69, 9.17) is 11.6 Å². The van der Waals surface area contributed by atoms with Gasteiger partial charge in [0, 0.05) is 15.8 Å². The molecule has 0 saturated carbocycles. The third-order valence-corrected chi connectivity index (χ3v) is 1.98. The number of hydrogen-bond donors (Lipinski definition) is 0. The summed E-state index contributed by atoms with van der Waals surface area (Å²) in [7, 11) is -4.11. The van der Waals surface area contributed by atoms with Gasteiger partial charge >= 0.3 is 38.3 Å². The van der Waals surface area contributed by atoms with E-state index in [1.54, 1.807) is 0 Å². The fourth-order valence-corrected chi connectivity index (χ4v) is 0.945. The van der Waals surface area contributed by atoms with Crippen molar-refractivity contribution in [1.82, 2.24) is 4.90 Å². The maximum atomic E-state index is 9.87. The van der Waals surface area contributed by atoms with Gasteiger partial charge in [0.05, 0.1) is 14.1 Å². The monoisotopic (exact) mass is 452 g/mol. The van der Waals surface area contributed by atoms with Gasteiger partial charge in [-0.15, -0.1) is 9.24 Å². The zero-order chi connectivity index (χ0) is 15.3. The minimum absolute atomic E-state index is 0.852. The van der Waals surface area contributed by atoms with Gasteiger partial charge < -0.3 is 0 Å². The van der Waals surface area contributed by atoms with Crippen LogP contribution >= 0.6 is 51.2 Å². The van der Waals surface area contributed by atoms with Crippen molar-refractivity contribution in [3.05, 3.63) is 0 Å². The van der Waals surface area contributed by atoms with Gasteiger partial charge in [-0.05, 0) is 0 Å². The zero-order valence-corrected chi connectivity index (χ0v) is 14.5. The quantitative estimate of drug-likeness (QED) is 0.128. The van der Waals surface area contributed by atoms with Crippen LogP contribution in [0.15, 0.2) is 0 Å². The number of likely N-dealkylation sites (N-methyl/N-ethyl adjacent to an activating group) is 2. The third kappa shape index (κ3) is 22.1. The number of hydrogen-bond acceptors (Lipinski definition) is 1. The molecule has 0 amide bonds. The molecule has 0 fully saturated rings. The molecule has 1 unspecified atom stereocenters. The first-order chi connectivity index (χ1) is 7.58. The van der Waals surface area contributed by atoms with E-state index in [1.165, 1.54) is 0 Å². The predicted octanol–water partition coefficient (Wildman–Crippen LogP) is 4.81. The molecule has 0 aromatic heterocycles. The van der Waals surface area contributed by atoms with Gasteiger partial charge in [-0.1, -0.05) is 22.6 Å². The molecule has 0 N–H and O–H groups in total. The number of amidine groups is 1. The molecule has 0 spiro atoms. The summed E-state index contributed by atoms with van der Waals surface area (Å²) in [6.45, 7) is 2.10. The van der Waals surface area contributed by atoms with Crippen molar-refractivity contribution in [3.63, 3.8) is 0 Å². The molecule has 1 aliphatic rings. The molecule has 114 valence electrons. The van der Waals surface area contributed by atoms with Crippen molar-refractivity contribution >= 4 is 56.5 Å². The van der Waals surface area contributed by atoms with Crippen molar-refractivity contribution < 1.29 is 29.8 Å². The average molecular weight is 452 g/mol. The van der Waals surface area contributed by atoms with E-state index in [0.29, 0.717) is 0 Å². The Labute approximate surface area is 122 Å². The molecule has 18 heavy (non-hydrogen) atoms. The summed E-state index contributed by atoms with van der Waals surface area (Å²) in [4.78, 5) is 2.03. The standard InChI is InChI=1S/C5H10ClN2.CH4IP.F6P/c1-7-3-4-8(2)5(7)6;2-1-3;1-7(2,3,4,5)6/h3-4H2,1-2H3;1,3H2;/q+1;;-1. The van der Waals surface area contributed by atoms with E-state index in [0.717, 1.165) is 22.6 Å². The Morgan fingerprint density at radius 2 is 1.61 bits per heavy atom. The number of nitrogens with zero attached hydrogens (tertiary/aromatic N) is 2. The molecule has 0 aromatic carbocycles. The Hall–Kier alpha value is 0.930. The molecule has 0 radical (unpaired) electrons. The number of rotatable bonds is 0. The Balaban J connectivity index is 0. The van der Waals surface area contributed by atoms with Gasteiger partial charge in [0.15, 0.2) is 0 Å². The van der Waals surface area contributed by atoms with Crippen LogP contribution in [0, 0.1) is 0 Å². The van der Waals surface area contributed by atoms with Crippen LogP contribution in [0.1, 0.15) is 0 Å². The number of halogens is 8. The van der Waals surface area contributed by atoms with E-state index >= 15 is 0 Å². The van der Waals surface area contributed by atoms with E-state index in [1.807, 2.05) is 23.6 Å². The second-order valence-corrected chi connectivity index (χ2v) is 8.43. The number of alkyl halides is 1. The maximum absolute atomic E-state index is 10.7. The van der Waals surface area contributed by atoms with Gasteiger partial charge in [0.25, 0.3) is 0 Å². The van der Waals surface area contributed by atoms with Crippen LogP contribution in [0.3, 0.4) is 0 Å². The average Bonchev–Trinajstić information content (AvgIpc) is 2.32. The van der Waals surface area contributed by atoms with Gasteiger partial charge in [0.2, 0.25) is 0 Å². The molecule has 0 aromatic rings. The van der Waals surface area contributed by atoms with Crippen LogP contribution in [0.2, 0.25) is 0 Å². The van der Waals surface area contributed by atoms with Crippen molar-refractivity contribution in [3.8, 4) is 0 Å². The first-order valence-electron chi connectivity index (χ1n) is 4.35. The second kappa shape index (κ2) is 6.59. The molecular weight excluding hydrogens is 438 g/mol. The van der Waals surface area contributed by atoms with E-state index in [2.05, 4.69) is 31.8 Å². The normalized spacial score (nSPS) is 19.2. The molecule has 1 heterocycles. The van der Waals surface area contributed by atoms with Crippen molar-refractivity contribution in [1.29, 1.82) is 0 Å². The minimum atomic E-state index is -10.7. The van der Waals surface area contributed by atoms with Gasteiger partial charge in [0.1, 0.15) is 13.1 Å². The Morgan fingerprint density at radius 1 is 1.33 bits per heavy atom. The van der Waals surface area contributed by atoms with E-state index in [9.17, 15) is 25.2 Å². The second-order valence-electron chi connectivity index (χ2n) is 3.22. The van der Waals surface area contributed by atoms with Crippen LogP contribution < -0.4 is 0 Å². The molecule has 12 heteroatoms. The largest absolute Gasteiger partial charge is 0.127 e. The third-order valence-electron chi connectivity index (χ3n) is 1.40. The van der Waals surface area contributed by atoms with E-state index < -0.39 is 7.81 Å². The minimum Gasteiger partial charge on any atom is -0.127 e. The first kappa shape index (κ1) is 21.2. The van der Waals surface area contributed by atoms with E-state index in [-0.39, 0.29) is 0 Å². The summed E-state index contributed by atoms with van der Waals surface area (Å²) < 4.78 is 62.4. The maximum Gasteiger partial charge on any atom is 0.0141 e. The predicted molar refractivity (Wildman–Crippen MR) is 76.7 cm³/mol. The SMILES string of the molecule is CN1CC[N+](C)=C1Cl.F[P-](F)(F)(F)(F)F.PCI. The summed E-state index contributed by atoms with van der Waals surface area (Å²) in [5.74, 6) is 0. The summed E-state index contributed by atoms with van der Waals surface area (Å²) in [6, 6.07) is 0. The van der Waals surface area contributed by atoms with Crippen LogP contribution in [0.4, 0.5) is 25.2 Å². The molecule has 0 saturated heterocycles. The topological polar surface area (TPSA) is 6.25 Å². The molecule has 1 rings (SSSR count). The molecule has 0 bridgehead atoms. The summed E-state index contributed by atoms with van der Waals surface area (Å²) in [5, 5.41) is 0.852. The molecule has 0 aliphatic carbocycles. The van der Waals surface area contributed by atoms with Crippen LogP contribution in [0.25, 0.3) is 0 Å². The summed E-state index contributed by atoms with van der Waals surface area (Å²) >= 11 is 8.03. The van der Waals surface area contributed by atoms with Crippen molar-refractivity contribution in [2.24, 2.45) is 0 Å². The van der Waals surface area contributed by atoms with Crippen LogP contribution in [-0.2, 0) is 0 Å². The Kier molecular flexibility index (Phi) is 7.77. The van der Waals surface area contributed by atoms with Gasteiger partial charge in [-0.2, -0.15) is 0 Å². The van der Waals surface area contributed by atoms with Crippen molar-refractivity contribution in [2.75, 3.05) is 31.4 Å². The summed E-state index contributed by atoms with van der Waals surface area (Å²) in [6.07, 6.45) is 0. The van der Waals surface area contributed by atoms with Gasteiger partial charge in [-0.25, -0.2) is 0 Å². The fourth-order valence-electron chi connectivity index (χ4n) is 0.776. The Bertz CT molecular complexity index is 293. The molecule has 2 nitrogen and oxygen atoms in total. The Morgan fingerprint density at radius 3 is 1.67 bits per heavy atom. The van der Waals surface area contributed by atoms with Crippen molar-refractivity contribution in [2.45, 2.75) is 0 Å². The summed E-state index contributed by atoms with van der Waals surface area (Å²) in [5.41, 5.74) is 0. The molecule has 1 aliphatic heterocycles. The zero-order valence-electron chi connectivity index (χ0n) is 9.56. The first-order valence-corrected chi connectivity index (χ1v) is 9.10. The van der Waals surface area contributed by atoms with Crippen LogP contribution in [0.5, 0.6) is 0 Å². The van der Waals surface area contributed by atoms with Gasteiger partial charge in [-0.3, -0.25) is 9.48 Å². The van der Waals surface area contributed by atoms with Crippen LogP contribution in [-0.4, -0.2) is 46.1 Å². The smallest absolute Gasteiger partial charge is 0.0141 e. The molecular formula is C6H14ClF6IN2P2. The fraction of sp³-hybridized carbons (Fsp3) is 0.833.